The Morgan fingerprint density at radius 2 is 1.71 bits per heavy atom. The van der Waals surface area contributed by atoms with Crippen molar-refractivity contribution < 1.29 is 17.6 Å². The van der Waals surface area contributed by atoms with Crippen LogP contribution in [0.15, 0.2) is 59.8 Å². The lowest BCUT2D eigenvalue weighted by Crippen LogP contribution is -2.20. The summed E-state index contributed by atoms with van der Waals surface area (Å²) in [7, 11) is -4.07. The van der Waals surface area contributed by atoms with Gasteiger partial charge in [0.2, 0.25) is 9.84 Å². The molecule has 0 fully saturated rings. The van der Waals surface area contributed by atoms with Crippen LogP contribution in [-0.2, 0) is 9.84 Å². The van der Waals surface area contributed by atoms with Crippen LogP contribution in [0.2, 0.25) is 0 Å². The standard InChI is InChI=1S/C15H11FN4O3S/c16-12-8-6-11(7-9-12)14(21)10-24(22,23)15-17-18-19-20(15)13-4-2-1-3-5-13/h1-9H,10H2. The number of hydrogen-bond acceptors (Lipinski definition) is 6. The summed E-state index contributed by atoms with van der Waals surface area (Å²) in [5, 5.41) is 10.1. The van der Waals surface area contributed by atoms with Gasteiger partial charge in [-0.15, -0.1) is 0 Å². The summed E-state index contributed by atoms with van der Waals surface area (Å²) < 4.78 is 38.9. The molecule has 3 aromatic rings. The molecule has 122 valence electrons. The zero-order valence-corrected chi connectivity index (χ0v) is 13.0. The van der Waals surface area contributed by atoms with Gasteiger partial charge in [-0.25, -0.2) is 12.8 Å². The lowest BCUT2D eigenvalue weighted by Gasteiger charge is -2.05. The number of hydrogen-bond donors (Lipinski definition) is 0. The SMILES string of the molecule is O=C(CS(=O)(=O)c1nnnn1-c1ccccc1)c1ccc(F)cc1. The Kier molecular flexibility index (Phi) is 4.17. The number of para-hydroxylation sites is 1. The minimum atomic E-state index is -4.07. The summed E-state index contributed by atoms with van der Waals surface area (Å²) in [6.07, 6.45) is 0. The number of nitrogens with zero attached hydrogens (tertiary/aromatic N) is 4. The molecular weight excluding hydrogens is 335 g/mol. The Morgan fingerprint density at radius 3 is 2.38 bits per heavy atom. The average molecular weight is 346 g/mol. The summed E-state index contributed by atoms with van der Waals surface area (Å²) >= 11 is 0. The highest BCUT2D eigenvalue weighted by Crippen LogP contribution is 2.14. The molecule has 3 rings (SSSR count). The van der Waals surface area contributed by atoms with Crippen molar-refractivity contribution in [3.05, 3.63) is 66.0 Å². The minimum absolute atomic E-state index is 0.0960. The number of benzene rings is 2. The van der Waals surface area contributed by atoms with Crippen LogP contribution >= 0.6 is 0 Å². The van der Waals surface area contributed by atoms with Crippen LogP contribution in [0.3, 0.4) is 0 Å². The molecule has 0 atom stereocenters. The number of Topliss-reactive ketones (excluding diaryl/α,β-unsaturated/α-hetero) is 1. The first-order chi connectivity index (χ1) is 11.5. The Bertz CT molecular complexity index is 969. The quantitative estimate of drug-likeness (QED) is 0.649. The first kappa shape index (κ1) is 15.9. The zero-order chi connectivity index (χ0) is 17.2. The highest BCUT2D eigenvalue weighted by atomic mass is 32.2. The molecule has 0 radical (unpaired) electrons. The maximum absolute atomic E-state index is 12.9. The predicted molar refractivity (Wildman–Crippen MR) is 81.9 cm³/mol. The second-order valence-corrected chi connectivity index (χ2v) is 6.78. The normalized spacial score (nSPS) is 11.4. The fourth-order valence-corrected chi connectivity index (χ4v) is 3.27. The molecule has 0 saturated carbocycles. The van der Waals surface area contributed by atoms with Crippen LogP contribution in [0.25, 0.3) is 5.69 Å². The molecule has 0 bridgehead atoms. The van der Waals surface area contributed by atoms with E-state index in [-0.39, 0.29) is 5.56 Å². The summed E-state index contributed by atoms with van der Waals surface area (Å²) in [6.45, 7) is 0. The van der Waals surface area contributed by atoms with E-state index >= 15 is 0 Å². The monoisotopic (exact) mass is 346 g/mol. The first-order valence-electron chi connectivity index (χ1n) is 6.83. The van der Waals surface area contributed by atoms with E-state index in [9.17, 15) is 17.6 Å². The third kappa shape index (κ3) is 3.20. The van der Waals surface area contributed by atoms with Crippen LogP contribution in [0, 0.1) is 5.82 Å². The molecule has 0 aliphatic rings. The molecule has 0 aliphatic heterocycles. The van der Waals surface area contributed by atoms with Gasteiger partial charge in [0.05, 0.1) is 5.69 Å². The van der Waals surface area contributed by atoms with Gasteiger partial charge in [-0.1, -0.05) is 23.3 Å². The second kappa shape index (κ2) is 6.28. The van der Waals surface area contributed by atoms with Gasteiger partial charge in [0.25, 0.3) is 5.16 Å². The maximum atomic E-state index is 12.9. The number of aromatic nitrogens is 4. The number of carbonyl (C=O) groups excluding carboxylic acids is 1. The number of tetrazole rings is 1. The molecule has 0 amide bonds. The fourth-order valence-electron chi connectivity index (χ4n) is 2.06. The first-order valence-corrected chi connectivity index (χ1v) is 8.48. The highest BCUT2D eigenvalue weighted by molar-refractivity contribution is 7.92. The Labute approximate surface area is 136 Å². The van der Waals surface area contributed by atoms with Crippen LogP contribution in [0.4, 0.5) is 4.39 Å². The summed E-state index contributed by atoms with van der Waals surface area (Å²) in [4.78, 5) is 12.1. The number of sulfone groups is 1. The number of halogens is 1. The van der Waals surface area contributed by atoms with Gasteiger partial charge >= 0.3 is 0 Å². The smallest absolute Gasteiger partial charge is 0.272 e. The lowest BCUT2D eigenvalue weighted by molar-refractivity contribution is 0.102. The Balaban J connectivity index is 1.91. The third-order valence-corrected chi connectivity index (χ3v) is 4.66. The molecule has 1 aromatic heterocycles. The number of ketones is 1. The van der Waals surface area contributed by atoms with Crippen LogP contribution < -0.4 is 0 Å². The van der Waals surface area contributed by atoms with Crippen LogP contribution in [0.5, 0.6) is 0 Å². The lowest BCUT2D eigenvalue weighted by atomic mass is 10.1. The molecule has 0 aliphatic carbocycles. The highest BCUT2D eigenvalue weighted by Gasteiger charge is 2.27. The van der Waals surface area contributed by atoms with Gasteiger partial charge in [0.1, 0.15) is 11.6 Å². The Hall–Kier alpha value is -2.94. The topological polar surface area (TPSA) is 94.8 Å². The fraction of sp³-hybridized carbons (Fsp3) is 0.0667. The zero-order valence-electron chi connectivity index (χ0n) is 12.2. The van der Waals surface area contributed by atoms with Crippen molar-refractivity contribution in [2.75, 3.05) is 5.75 Å². The summed E-state index contributed by atoms with van der Waals surface area (Å²) in [5.41, 5.74) is 0.550. The molecule has 0 saturated heterocycles. The van der Waals surface area contributed by atoms with Gasteiger partial charge in [0, 0.05) is 5.56 Å². The molecule has 7 nitrogen and oxygen atoms in total. The molecule has 1 heterocycles. The second-order valence-electron chi connectivity index (χ2n) is 4.90. The van der Waals surface area contributed by atoms with Gasteiger partial charge in [-0.05, 0) is 46.8 Å². The number of carbonyl (C=O) groups is 1. The summed E-state index contributed by atoms with van der Waals surface area (Å²) in [6, 6.07) is 13.1. The Morgan fingerprint density at radius 1 is 1.04 bits per heavy atom. The maximum Gasteiger partial charge on any atom is 0.272 e. The van der Waals surface area contributed by atoms with E-state index < -0.39 is 32.3 Å². The van der Waals surface area contributed by atoms with E-state index in [0.29, 0.717) is 5.69 Å². The van der Waals surface area contributed by atoms with E-state index in [2.05, 4.69) is 15.5 Å². The van der Waals surface area contributed by atoms with Crippen LogP contribution in [-0.4, -0.2) is 40.2 Å². The van der Waals surface area contributed by atoms with Crippen molar-refractivity contribution in [3.8, 4) is 5.69 Å². The molecule has 0 spiro atoms. The molecule has 0 N–H and O–H groups in total. The van der Waals surface area contributed by atoms with Crippen molar-refractivity contribution in [1.29, 1.82) is 0 Å². The number of rotatable bonds is 5. The van der Waals surface area contributed by atoms with Gasteiger partial charge in [-0.2, -0.15) is 4.68 Å². The van der Waals surface area contributed by atoms with Crippen molar-refractivity contribution in [1.82, 2.24) is 20.2 Å². The van der Waals surface area contributed by atoms with E-state index in [1.54, 1.807) is 30.3 Å². The van der Waals surface area contributed by atoms with Crippen molar-refractivity contribution >= 4 is 15.6 Å². The van der Waals surface area contributed by atoms with Gasteiger partial charge in [-0.3, -0.25) is 4.79 Å². The van der Waals surface area contributed by atoms with Crippen molar-refractivity contribution in [2.45, 2.75) is 5.16 Å². The third-order valence-electron chi connectivity index (χ3n) is 3.21. The van der Waals surface area contributed by atoms with E-state index in [0.717, 1.165) is 16.8 Å². The van der Waals surface area contributed by atoms with Crippen molar-refractivity contribution in [2.24, 2.45) is 0 Å². The summed E-state index contributed by atoms with van der Waals surface area (Å²) in [5.74, 6) is -1.99. The predicted octanol–water partition coefficient (Wildman–Crippen LogP) is 1.46. The molecule has 9 heteroatoms. The van der Waals surface area contributed by atoms with E-state index in [4.69, 9.17) is 0 Å². The molecule has 24 heavy (non-hydrogen) atoms. The molecular formula is C15H11FN4O3S. The van der Waals surface area contributed by atoms with Gasteiger partial charge in [0.15, 0.2) is 5.78 Å². The van der Waals surface area contributed by atoms with Crippen LogP contribution in [0.1, 0.15) is 10.4 Å². The van der Waals surface area contributed by atoms with Crippen molar-refractivity contribution in [3.63, 3.8) is 0 Å². The molecule has 2 aromatic carbocycles. The van der Waals surface area contributed by atoms with E-state index in [1.165, 1.54) is 12.1 Å². The van der Waals surface area contributed by atoms with Gasteiger partial charge < -0.3 is 0 Å². The van der Waals surface area contributed by atoms with E-state index in [1.807, 2.05) is 0 Å². The minimum Gasteiger partial charge on any atom is -0.293 e. The molecule has 0 unspecified atom stereocenters. The average Bonchev–Trinajstić information content (AvgIpc) is 3.06. The largest absolute Gasteiger partial charge is 0.293 e.